The number of esters is 1. The van der Waals surface area contributed by atoms with Gasteiger partial charge in [-0.1, -0.05) is 35.3 Å². The first kappa shape index (κ1) is 22.2. The highest BCUT2D eigenvalue weighted by atomic mass is 35.5. The number of aromatic nitrogens is 2. The number of pyridine rings is 1. The molecule has 0 bridgehead atoms. The van der Waals surface area contributed by atoms with E-state index in [0.29, 0.717) is 24.5 Å². The van der Waals surface area contributed by atoms with Crippen LogP contribution < -0.4 is 9.47 Å². The Morgan fingerprint density at radius 1 is 1.16 bits per heavy atom. The van der Waals surface area contributed by atoms with Crippen LogP contribution in [-0.4, -0.2) is 40.6 Å². The van der Waals surface area contributed by atoms with Crippen LogP contribution in [0.15, 0.2) is 42.5 Å². The molecule has 1 aromatic carbocycles. The van der Waals surface area contributed by atoms with Gasteiger partial charge in [0, 0.05) is 17.0 Å². The van der Waals surface area contributed by atoms with Crippen LogP contribution in [0.25, 0.3) is 0 Å². The molecular weight excluding hydrogens is 455 g/mol. The summed E-state index contributed by atoms with van der Waals surface area (Å²) in [6.45, 7) is 4.23. The molecule has 0 N–H and O–H groups in total. The molecule has 9 heteroatoms. The van der Waals surface area contributed by atoms with E-state index < -0.39 is 12.6 Å². The van der Waals surface area contributed by atoms with Gasteiger partial charge in [-0.05, 0) is 44.2 Å². The van der Waals surface area contributed by atoms with E-state index in [1.54, 1.807) is 6.07 Å². The van der Waals surface area contributed by atoms with Crippen molar-refractivity contribution in [2.24, 2.45) is 0 Å². The highest BCUT2D eigenvalue weighted by Gasteiger charge is 2.24. The summed E-state index contributed by atoms with van der Waals surface area (Å²) < 4.78 is 18.9. The van der Waals surface area contributed by atoms with Gasteiger partial charge in [-0.2, -0.15) is 0 Å². The smallest absolute Gasteiger partial charge is 0.359 e. The third kappa shape index (κ3) is 4.59. The minimum absolute atomic E-state index is 0.0984. The van der Waals surface area contributed by atoms with Crippen molar-refractivity contribution < 1.29 is 23.8 Å². The number of fused-ring (bicyclic) bond motifs is 1. The van der Waals surface area contributed by atoms with E-state index >= 15 is 0 Å². The topological polar surface area (TPSA) is 79.7 Å². The summed E-state index contributed by atoms with van der Waals surface area (Å²) in [5.41, 5.74) is 1.98. The van der Waals surface area contributed by atoms with Crippen molar-refractivity contribution in [2.45, 2.75) is 26.5 Å². The maximum absolute atomic E-state index is 12.7. The molecule has 2 aromatic heterocycles. The Hall–Kier alpha value is -3.03. The number of ketones is 1. The second-order valence-corrected chi connectivity index (χ2v) is 8.15. The highest BCUT2D eigenvalue weighted by molar-refractivity contribution is 6.34. The summed E-state index contributed by atoms with van der Waals surface area (Å²) in [4.78, 5) is 28.9. The number of para-hydroxylation sites is 2. The lowest BCUT2D eigenvalue weighted by Crippen LogP contribution is -2.33. The maximum atomic E-state index is 12.7. The van der Waals surface area contributed by atoms with Gasteiger partial charge in [-0.25, -0.2) is 9.78 Å². The molecule has 3 aromatic rings. The molecule has 0 saturated heterocycles. The van der Waals surface area contributed by atoms with E-state index in [2.05, 4.69) is 4.98 Å². The van der Waals surface area contributed by atoms with E-state index in [1.807, 2.05) is 42.7 Å². The summed E-state index contributed by atoms with van der Waals surface area (Å²) in [5.74, 6) is 0.271. The largest absolute Gasteiger partial charge is 0.486 e. The number of benzene rings is 1. The van der Waals surface area contributed by atoms with Crippen molar-refractivity contribution >= 4 is 35.0 Å². The SMILES string of the molecule is Cc1cc(C(=O)COC(=O)c2nc(Cl)ccc2Cl)c(C)n1C[C@@H]1COc2ccccc2O1. The van der Waals surface area contributed by atoms with Crippen LogP contribution in [0, 0.1) is 13.8 Å². The molecule has 1 aliphatic rings. The number of carbonyl (C=O) groups is 2. The number of Topliss-reactive ketones (excluding diaryl/α,β-unsaturated/α-hetero) is 1. The van der Waals surface area contributed by atoms with Crippen molar-refractivity contribution in [3.05, 3.63) is 75.3 Å². The van der Waals surface area contributed by atoms with Crippen LogP contribution in [0.1, 0.15) is 32.2 Å². The molecule has 1 aliphatic heterocycles. The van der Waals surface area contributed by atoms with Crippen LogP contribution in [0.2, 0.25) is 10.2 Å². The van der Waals surface area contributed by atoms with Gasteiger partial charge in [-0.3, -0.25) is 4.79 Å². The lowest BCUT2D eigenvalue weighted by Gasteiger charge is -2.27. The first-order chi connectivity index (χ1) is 15.3. The van der Waals surface area contributed by atoms with Crippen LogP contribution >= 0.6 is 23.2 Å². The van der Waals surface area contributed by atoms with Gasteiger partial charge in [0.2, 0.25) is 5.78 Å². The molecule has 1 atom stereocenters. The first-order valence-electron chi connectivity index (χ1n) is 9.91. The number of hydrogen-bond donors (Lipinski definition) is 0. The third-order valence-electron chi connectivity index (χ3n) is 5.17. The maximum Gasteiger partial charge on any atom is 0.359 e. The van der Waals surface area contributed by atoms with E-state index in [-0.39, 0.29) is 27.8 Å². The number of carbonyl (C=O) groups excluding carboxylic acids is 2. The molecule has 0 saturated carbocycles. The number of hydrogen-bond acceptors (Lipinski definition) is 6. The predicted octanol–water partition coefficient (Wildman–Crippen LogP) is 4.69. The van der Waals surface area contributed by atoms with E-state index in [4.69, 9.17) is 37.4 Å². The highest BCUT2D eigenvalue weighted by Crippen LogP contribution is 2.31. The summed E-state index contributed by atoms with van der Waals surface area (Å²) in [5, 5.41) is 0.203. The van der Waals surface area contributed by atoms with Crippen molar-refractivity contribution in [3.63, 3.8) is 0 Å². The van der Waals surface area contributed by atoms with Crippen molar-refractivity contribution in [1.29, 1.82) is 0 Å². The van der Waals surface area contributed by atoms with Crippen molar-refractivity contribution in [2.75, 3.05) is 13.2 Å². The minimum atomic E-state index is -0.814. The molecule has 0 amide bonds. The normalized spacial score (nSPS) is 14.8. The standard InChI is InChI=1S/C23H20Cl2N2O5/c1-13-9-16(18(28)12-31-23(29)22-17(24)7-8-21(25)26-22)14(2)27(13)10-15-11-30-19-5-3-4-6-20(19)32-15/h3-9,15H,10-12H2,1-2H3/t15-/m1/s1. The minimum Gasteiger partial charge on any atom is -0.486 e. The average Bonchev–Trinajstić information content (AvgIpc) is 3.07. The van der Waals surface area contributed by atoms with Crippen LogP contribution in [0.3, 0.4) is 0 Å². The molecule has 3 heterocycles. The predicted molar refractivity (Wildman–Crippen MR) is 119 cm³/mol. The summed E-state index contributed by atoms with van der Waals surface area (Å²) in [6, 6.07) is 12.2. The van der Waals surface area contributed by atoms with E-state index in [0.717, 1.165) is 17.1 Å². The number of rotatable bonds is 6. The zero-order valence-electron chi connectivity index (χ0n) is 17.4. The molecule has 0 aliphatic carbocycles. The van der Waals surface area contributed by atoms with Gasteiger partial charge in [0.15, 0.2) is 29.9 Å². The van der Waals surface area contributed by atoms with Gasteiger partial charge >= 0.3 is 5.97 Å². The lowest BCUT2D eigenvalue weighted by atomic mass is 10.1. The summed E-state index contributed by atoms with van der Waals surface area (Å²) >= 11 is 11.8. The second-order valence-electron chi connectivity index (χ2n) is 7.36. The number of ether oxygens (including phenoxy) is 3. The number of halogens is 2. The summed E-state index contributed by atoms with van der Waals surface area (Å²) in [7, 11) is 0. The third-order valence-corrected chi connectivity index (χ3v) is 5.68. The quantitative estimate of drug-likeness (QED) is 0.293. The second kappa shape index (κ2) is 9.22. The fraction of sp³-hybridized carbons (Fsp3) is 0.261. The molecule has 4 rings (SSSR count). The van der Waals surface area contributed by atoms with E-state index in [9.17, 15) is 9.59 Å². The van der Waals surface area contributed by atoms with Crippen LogP contribution in [-0.2, 0) is 11.3 Å². The molecule has 0 radical (unpaired) electrons. The Balaban J connectivity index is 1.43. The van der Waals surface area contributed by atoms with Gasteiger partial charge in [0.05, 0.1) is 11.6 Å². The average molecular weight is 475 g/mol. The van der Waals surface area contributed by atoms with E-state index in [1.165, 1.54) is 12.1 Å². The molecule has 32 heavy (non-hydrogen) atoms. The number of nitrogens with zero attached hydrogens (tertiary/aromatic N) is 2. The fourth-order valence-electron chi connectivity index (χ4n) is 3.56. The van der Waals surface area contributed by atoms with Crippen molar-refractivity contribution in [3.8, 4) is 11.5 Å². The Labute approximate surface area is 194 Å². The van der Waals surface area contributed by atoms with Crippen molar-refractivity contribution in [1.82, 2.24) is 9.55 Å². The lowest BCUT2D eigenvalue weighted by molar-refractivity contribution is 0.0469. The monoisotopic (exact) mass is 474 g/mol. The molecule has 166 valence electrons. The van der Waals surface area contributed by atoms with Gasteiger partial charge in [-0.15, -0.1) is 0 Å². The Morgan fingerprint density at radius 2 is 1.91 bits per heavy atom. The van der Waals surface area contributed by atoms with Crippen LogP contribution in [0.5, 0.6) is 11.5 Å². The molecule has 0 unspecified atom stereocenters. The zero-order valence-corrected chi connectivity index (χ0v) is 18.9. The first-order valence-corrected chi connectivity index (χ1v) is 10.7. The Morgan fingerprint density at radius 3 is 2.69 bits per heavy atom. The molecule has 0 spiro atoms. The van der Waals surface area contributed by atoms with Gasteiger partial charge in [0.25, 0.3) is 0 Å². The molecular formula is C23H20Cl2N2O5. The molecule has 7 nitrogen and oxygen atoms in total. The number of aryl methyl sites for hydroxylation is 1. The fourth-order valence-corrected chi connectivity index (χ4v) is 3.89. The Kier molecular flexibility index (Phi) is 6.39. The van der Waals surface area contributed by atoms with Crippen LogP contribution in [0.4, 0.5) is 0 Å². The Bertz CT molecular complexity index is 1190. The van der Waals surface area contributed by atoms with Gasteiger partial charge < -0.3 is 18.8 Å². The van der Waals surface area contributed by atoms with Gasteiger partial charge in [0.1, 0.15) is 11.8 Å². The zero-order chi connectivity index (χ0) is 22.8. The molecule has 0 fully saturated rings. The summed E-state index contributed by atoms with van der Waals surface area (Å²) in [6.07, 6.45) is -0.202.